The molecular formula is C15H15ClFNO. The van der Waals surface area contributed by atoms with Gasteiger partial charge in [-0.05, 0) is 25.1 Å². The van der Waals surface area contributed by atoms with Gasteiger partial charge in [-0.15, -0.1) is 0 Å². The number of rotatable bonds is 4. The van der Waals surface area contributed by atoms with Crippen LogP contribution in [0.1, 0.15) is 24.2 Å². The number of hydrogen-bond donors (Lipinski definition) is 2. The monoisotopic (exact) mass is 279 g/mol. The van der Waals surface area contributed by atoms with Crippen LogP contribution in [-0.4, -0.2) is 5.11 Å². The first-order valence-electron chi connectivity index (χ1n) is 6.03. The van der Waals surface area contributed by atoms with Gasteiger partial charge in [0.1, 0.15) is 5.82 Å². The quantitative estimate of drug-likeness (QED) is 0.881. The molecule has 0 aliphatic heterocycles. The third-order valence-corrected chi connectivity index (χ3v) is 3.28. The standard InChI is InChI=1S/C15H15ClFNO/c1-10(19)11-5-2-3-8-15(11)18-9-12-13(16)6-4-7-14(12)17/h2-8,10,18-19H,9H2,1H3. The van der Waals surface area contributed by atoms with Crippen molar-refractivity contribution < 1.29 is 9.50 Å². The first kappa shape index (κ1) is 13.8. The number of aliphatic hydroxyl groups is 1. The number of nitrogens with one attached hydrogen (secondary N) is 1. The summed E-state index contributed by atoms with van der Waals surface area (Å²) in [5.41, 5.74) is 1.97. The largest absolute Gasteiger partial charge is 0.389 e. The van der Waals surface area contributed by atoms with Gasteiger partial charge in [0, 0.05) is 28.4 Å². The zero-order valence-corrected chi connectivity index (χ0v) is 11.3. The fourth-order valence-corrected chi connectivity index (χ4v) is 2.14. The Morgan fingerprint density at radius 1 is 1.21 bits per heavy atom. The van der Waals surface area contributed by atoms with E-state index in [2.05, 4.69) is 5.32 Å². The normalized spacial score (nSPS) is 12.2. The highest BCUT2D eigenvalue weighted by atomic mass is 35.5. The lowest BCUT2D eigenvalue weighted by molar-refractivity contribution is 0.200. The van der Waals surface area contributed by atoms with Crippen LogP contribution < -0.4 is 5.32 Å². The number of halogens is 2. The average Bonchev–Trinajstić information content (AvgIpc) is 2.38. The Bertz CT molecular complexity index is 552. The molecule has 0 amide bonds. The molecule has 0 radical (unpaired) electrons. The van der Waals surface area contributed by atoms with Crippen molar-refractivity contribution in [2.75, 3.05) is 5.32 Å². The molecule has 0 aliphatic carbocycles. The maximum absolute atomic E-state index is 13.6. The number of benzene rings is 2. The smallest absolute Gasteiger partial charge is 0.129 e. The zero-order valence-electron chi connectivity index (χ0n) is 10.5. The van der Waals surface area contributed by atoms with E-state index in [1.54, 1.807) is 19.1 Å². The number of aliphatic hydroxyl groups excluding tert-OH is 1. The van der Waals surface area contributed by atoms with Gasteiger partial charge in [0.05, 0.1) is 6.10 Å². The third-order valence-electron chi connectivity index (χ3n) is 2.93. The third kappa shape index (κ3) is 3.25. The fraction of sp³-hybridized carbons (Fsp3) is 0.200. The Balaban J connectivity index is 2.19. The molecule has 2 aromatic carbocycles. The minimum Gasteiger partial charge on any atom is -0.389 e. The van der Waals surface area contributed by atoms with Gasteiger partial charge in [-0.1, -0.05) is 35.9 Å². The molecule has 0 aromatic heterocycles. The van der Waals surface area contributed by atoms with Gasteiger partial charge in [0.25, 0.3) is 0 Å². The predicted octanol–water partition coefficient (Wildman–Crippen LogP) is 4.14. The van der Waals surface area contributed by atoms with Crippen LogP contribution in [-0.2, 0) is 6.54 Å². The van der Waals surface area contributed by atoms with Crippen molar-refractivity contribution in [1.82, 2.24) is 0 Å². The minimum absolute atomic E-state index is 0.273. The van der Waals surface area contributed by atoms with Gasteiger partial charge in [-0.3, -0.25) is 0 Å². The van der Waals surface area contributed by atoms with E-state index in [0.717, 1.165) is 11.3 Å². The summed E-state index contributed by atoms with van der Waals surface area (Å²) in [4.78, 5) is 0. The fourth-order valence-electron chi connectivity index (χ4n) is 1.91. The van der Waals surface area contributed by atoms with Crippen LogP contribution in [0.2, 0.25) is 5.02 Å². The Kier molecular flexibility index (Phi) is 4.40. The van der Waals surface area contributed by atoms with E-state index in [-0.39, 0.29) is 12.4 Å². The highest BCUT2D eigenvalue weighted by molar-refractivity contribution is 6.31. The second-order valence-electron chi connectivity index (χ2n) is 4.32. The summed E-state index contributed by atoms with van der Waals surface area (Å²) < 4.78 is 13.6. The van der Waals surface area contributed by atoms with Crippen molar-refractivity contribution in [3.05, 3.63) is 64.4 Å². The Labute approximate surface area is 116 Å². The molecule has 1 atom stereocenters. The summed E-state index contributed by atoms with van der Waals surface area (Å²) in [6, 6.07) is 12.0. The van der Waals surface area contributed by atoms with E-state index in [1.807, 2.05) is 24.3 Å². The summed E-state index contributed by atoms with van der Waals surface area (Å²) in [5.74, 6) is -0.338. The number of para-hydroxylation sites is 1. The first-order chi connectivity index (χ1) is 9.09. The van der Waals surface area contributed by atoms with Crippen molar-refractivity contribution in [1.29, 1.82) is 0 Å². The van der Waals surface area contributed by atoms with Crippen LogP contribution in [0.25, 0.3) is 0 Å². The van der Waals surface area contributed by atoms with Crippen molar-refractivity contribution in [2.45, 2.75) is 19.6 Å². The van der Waals surface area contributed by atoms with Gasteiger partial charge in [-0.2, -0.15) is 0 Å². The van der Waals surface area contributed by atoms with Crippen molar-refractivity contribution in [3.8, 4) is 0 Å². The Morgan fingerprint density at radius 3 is 2.63 bits per heavy atom. The molecular weight excluding hydrogens is 265 g/mol. The SMILES string of the molecule is CC(O)c1ccccc1NCc1c(F)cccc1Cl. The molecule has 0 saturated carbocycles. The summed E-state index contributed by atoms with van der Waals surface area (Å²) >= 11 is 5.97. The first-order valence-corrected chi connectivity index (χ1v) is 6.41. The summed E-state index contributed by atoms with van der Waals surface area (Å²) in [6.45, 7) is 1.96. The van der Waals surface area contributed by atoms with Gasteiger partial charge < -0.3 is 10.4 Å². The highest BCUT2D eigenvalue weighted by Gasteiger charge is 2.09. The summed E-state index contributed by atoms with van der Waals surface area (Å²) in [7, 11) is 0. The second-order valence-corrected chi connectivity index (χ2v) is 4.72. The minimum atomic E-state index is -0.584. The molecule has 0 saturated heterocycles. The molecule has 19 heavy (non-hydrogen) atoms. The molecule has 2 nitrogen and oxygen atoms in total. The maximum atomic E-state index is 13.6. The van der Waals surface area contributed by atoms with Crippen LogP contribution in [0, 0.1) is 5.82 Å². The average molecular weight is 280 g/mol. The molecule has 0 heterocycles. The lowest BCUT2D eigenvalue weighted by Gasteiger charge is -2.14. The molecule has 2 rings (SSSR count). The molecule has 2 N–H and O–H groups in total. The molecule has 4 heteroatoms. The van der Waals surface area contributed by atoms with Gasteiger partial charge in [0.2, 0.25) is 0 Å². The lowest BCUT2D eigenvalue weighted by atomic mass is 10.1. The lowest BCUT2D eigenvalue weighted by Crippen LogP contribution is -2.06. The summed E-state index contributed by atoms with van der Waals surface area (Å²) in [5, 5.41) is 13.2. The van der Waals surface area contributed by atoms with Crippen molar-refractivity contribution >= 4 is 17.3 Å². The number of hydrogen-bond acceptors (Lipinski definition) is 2. The molecule has 0 spiro atoms. The van der Waals surface area contributed by atoms with E-state index < -0.39 is 6.10 Å². The van der Waals surface area contributed by atoms with E-state index in [4.69, 9.17) is 11.6 Å². The molecule has 0 aliphatic rings. The van der Waals surface area contributed by atoms with Crippen LogP contribution in [0.15, 0.2) is 42.5 Å². The topological polar surface area (TPSA) is 32.3 Å². The molecule has 0 fully saturated rings. The van der Waals surface area contributed by atoms with E-state index >= 15 is 0 Å². The maximum Gasteiger partial charge on any atom is 0.129 e. The molecule has 0 bridgehead atoms. The van der Waals surface area contributed by atoms with Crippen LogP contribution in [0.4, 0.5) is 10.1 Å². The van der Waals surface area contributed by atoms with Crippen LogP contribution in [0.3, 0.4) is 0 Å². The summed E-state index contributed by atoms with van der Waals surface area (Å²) in [6.07, 6.45) is -0.584. The Hall–Kier alpha value is -1.58. The molecule has 2 aromatic rings. The van der Waals surface area contributed by atoms with Gasteiger partial charge in [0.15, 0.2) is 0 Å². The van der Waals surface area contributed by atoms with E-state index in [0.29, 0.717) is 10.6 Å². The number of anilines is 1. The van der Waals surface area contributed by atoms with Gasteiger partial charge >= 0.3 is 0 Å². The second kappa shape index (κ2) is 6.04. The molecule has 1 unspecified atom stereocenters. The van der Waals surface area contributed by atoms with Crippen molar-refractivity contribution in [2.24, 2.45) is 0 Å². The zero-order chi connectivity index (χ0) is 13.8. The van der Waals surface area contributed by atoms with Gasteiger partial charge in [-0.25, -0.2) is 4.39 Å². The highest BCUT2D eigenvalue weighted by Crippen LogP contribution is 2.25. The van der Waals surface area contributed by atoms with Crippen LogP contribution >= 0.6 is 11.6 Å². The predicted molar refractivity (Wildman–Crippen MR) is 75.8 cm³/mol. The van der Waals surface area contributed by atoms with Crippen molar-refractivity contribution in [3.63, 3.8) is 0 Å². The van der Waals surface area contributed by atoms with E-state index in [1.165, 1.54) is 6.07 Å². The molecule has 100 valence electrons. The Morgan fingerprint density at radius 2 is 1.95 bits per heavy atom. The van der Waals surface area contributed by atoms with E-state index in [9.17, 15) is 9.50 Å². The van der Waals surface area contributed by atoms with Crippen LogP contribution in [0.5, 0.6) is 0 Å².